The predicted molar refractivity (Wildman–Crippen MR) is 83.2 cm³/mol. The summed E-state index contributed by atoms with van der Waals surface area (Å²) in [5, 5.41) is 0.682. The second-order valence-corrected chi connectivity index (χ2v) is 6.04. The van der Waals surface area contributed by atoms with Gasteiger partial charge in [-0.1, -0.05) is 23.7 Å². The molecule has 1 heterocycles. The fourth-order valence-electron chi connectivity index (χ4n) is 2.71. The molecule has 1 aromatic rings. The minimum absolute atomic E-state index is 0.0172. The normalized spacial score (nSPS) is 17.9. The number of carbonyl (C=O) groups excluding carboxylic acids is 2. The molecule has 114 valence electrons. The van der Waals surface area contributed by atoms with Gasteiger partial charge in [-0.05, 0) is 37.0 Å². The van der Waals surface area contributed by atoms with Crippen molar-refractivity contribution in [3.05, 3.63) is 34.9 Å². The van der Waals surface area contributed by atoms with Gasteiger partial charge in [-0.2, -0.15) is 0 Å². The Morgan fingerprint density at radius 1 is 1.38 bits per heavy atom. The van der Waals surface area contributed by atoms with Gasteiger partial charge in [0.05, 0.1) is 0 Å². The number of hydrogen-bond donors (Lipinski definition) is 0. The van der Waals surface area contributed by atoms with Gasteiger partial charge in [0.15, 0.2) is 0 Å². The molecule has 0 bridgehead atoms. The summed E-state index contributed by atoms with van der Waals surface area (Å²) >= 11 is 5.94. The highest BCUT2D eigenvalue weighted by Crippen LogP contribution is 2.21. The molecule has 0 spiro atoms. The lowest BCUT2D eigenvalue weighted by atomic mass is 10.1. The molecule has 1 aliphatic rings. The van der Waals surface area contributed by atoms with E-state index in [1.165, 1.54) is 0 Å². The van der Waals surface area contributed by atoms with Crippen LogP contribution in [0.1, 0.15) is 24.8 Å². The van der Waals surface area contributed by atoms with Gasteiger partial charge in [0.1, 0.15) is 6.04 Å². The van der Waals surface area contributed by atoms with Crippen molar-refractivity contribution in [3.63, 3.8) is 0 Å². The van der Waals surface area contributed by atoms with E-state index >= 15 is 0 Å². The maximum atomic E-state index is 12.4. The largest absolute Gasteiger partial charge is 0.347 e. The van der Waals surface area contributed by atoms with Crippen LogP contribution in [-0.2, 0) is 16.0 Å². The van der Waals surface area contributed by atoms with Crippen molar-refractivity contribution in [2.24, 2.45) is 0 Å². The molecule has 1 fully saturated rings. The Labute approximate surface area is 130 Å². The van der Waals surface area contributed by atoms with Crippen LogP contribution in [0.3, 0.4) is 0 Å². The Kier molecular flexibility index (Phi) is 5.23. The Hall–Kier alpha value is -1.55. The molecule has 2 amide bonds. The van der Waals surface area contributed by atoms with E-state index in [-0.39, 0.29) is 17.9 Å². The number of hydrogen-bond acceptors (Lipinski definition) is 2. The number of rotatable bonds is 4. The van der Waals surface area contributed by atoms with Crippen LogP contribution < -0.4 is 0 Å². The Morgan fingerprint density at radius 3 is 2.81 bits per heavy atom. The molecule has 0 N–H and O–H groups in total. The minimum atomic E-state index is -0.285. The van der Waals surface area contributed by atoms with Crippen molar-refractivity contribution in [2.45, 2.75) is 31.7 Å². The molecule has 0 aliphatic carbocycles. The molecule has 0 aromatic heterocycles. The number of nitrogens with zero attached hydrogens (tertiary/aromatic N) is 2. The van der Waals surface area contributed by atoms with Gasteiger partial charge in [-0.15, -0.1) is 0 Å². The van der Waals surface area contributed by atoms with Gasteiger partial charge >= 0.3 is 0 Å². The van der Waals surface area contributed by atoms with Crippen LogP contribution in [-0.4, -0.2) is 48.3 Å². The summed E-state index contributed by atoms with van der Waals surface area (Å²) in [6.07, 6.45) is 2.73. The average molecular weight is 309 g/mol. The Morgan fingerprint density at radius 2 is 2.14 bits per heavy atom. The van der Waals surface area contributed by atoms with Crippen molar-refractivity contribution in [1.29, 1.82) is 0 Å². The molecular formula is C16H21ClN2O2. The van der Waals surface area contributed by atoms with Crippen molar-refractivity contribution in [2.75, 3.05) is 20.6 Å². The number of likely N-dealkylation sites (N-methyl/N-ethyl adjacent to an activating group) is 1. The van der Waals surface area contributed by atoms with Gasteiger partial charge in [-0.25, -0.2) is 0 Å². The zero-order valence-corrected chi connectivity index (χ0v) is 13.3. The number of carbonyl (C=O) groups is 2. The van der Waals surface area contributed by atoms with Gasteiger partial charge in [-0.3, -0.25) is 9.59 Å². The Balaban J connectivity index is 1.95. The van der Waals surface area contributed by atoms with Crippen LogP contribution in [0.15, 0.2) is 24.3 Å². The topological polar surface area (TPSA) is 40.6 Å². The lowest BCUT2D eigenvalue weighted by Gasteiger charge is -2.26. The fourth-order valence-corrected chi connectivity index (χ4v) is 2.92. The molecule has 1 aliphatic heterocycles. The first-order valence-corrected chi connectivity index (χ1v) is 7.62. The van der Waals surface area contributed by atoms with E-state index in [1.54, 1.807) is 23.9 Å². The lowest BCUT2D eigenvalue weighted by molar-refractivity contribution is -0.142. The Bertz CT molecular complexity index is 531. The molecule has 21 heavy (non-hydrogen) atoms. The highest BCUT2D eigenvalue weighted by molar-refractivity contribution is 6.30. The van der Waals surface area contributed by atoms with Gasteiger partial charge < -0.3 is 9.80 Å². The molecule has 0 saturated carbocycles. The number of likely N-dealkylation sites (tertiary alicyclic amines) is 1. The smallest absolute Gasteiger partial charge is 0.244 e. The summed E-state index contributed by atoms with van der Waals surface area (Å²) in [5.41, 5.74) is 1.05. The predicted octanol–water partition coefficient (Wildman–Crippen LogP) is 2.35. The van der Waals surface area contributed by atoms with Crippen molar-refractivity contribution in [1.82, 2.24) is 9.80 Å². The standard InChI is InChI=1S/C16H21ClN2O2/c1-18(2)16(21)14-7-4-10-19(14)15(20)9-8-12-5-3-6-13(17)11-12/h3,5-6,11,14H,4,7-10H2,1-2H3. The first kappa shape index (κ1) is 15.8. The molecular weight excluding hydrogens is 288 g/mol. The molecule has 1 unspecified atom stereocenters. The van der Waals surface area contributed by atoms with Crippen LogP contribution in [0.4, 0.5) is 0 Å². The molecule has 2 rings (SSSR count). The maximum Gasteiger partial charge on any atom is 0.244 e. The van der Waals surface area contributed by atoms with Crippen LogP contribution in [0.5, 0.6) is 0 Å². The van der Waals surface area contributed by atoms with Crippen molar-refractivity contribution in [3.8, 4) is 0 Å². The molecule has 5 heteroatoms. The minimum Gasteiger partial charge on any atom is -0.347 e. The summed E-state index contributed by atoms with van der Waals surface area (Å²) in [5.74, 6) is 0.0660. The lowest BCUT2D eigenvalue weighted by Crippen LogP contribution is -2.45. The van der Waals surface area contributed by atoms with Crippen molar-refractivity contribution >= 4 is 23.4 Å². The van der Waals surface area contributed by atoms with Gasteiger partial charge in [0, 0.05) is 32.1 Å². The quantitative estimate of drug-likeness (QED) is 0.856. The van der Waals surface area contributed by atoms with Crippen molar-refractivity contribution < 1.29 is 9.59 Å². The van der Waals surface area contributed by atoms with E-state index in [0.29, 0.717) is 24.4 Å². The number of halogens is 1. The summed E-state index contributed by atoms with van der Waals surface area (Å²) < 4.78 is 0. The van der Waals surface area contributed by atoms with Crippen LogP contribution >= 0.6 is 11.6 Å². The van der Waals surface area contributed by atoms with E-state index in [0.717, 1.165) is 18.4 Å². The highest BCUT2D eigenvalue weighted by Gasteiger charge is 2.34. The third-order valence-corrected chi connectivity index (χ3v) is 4.05. The first-order chi connectivity index (χ1) is 9.99. The molecule has 0 radical (unpaired) electrons. The number of aryl methyl sites for hydroxylation is 1. The highest BCUT2D eigenvalue weighted by atomic mass is 35.5. The fraction of sp³-hybridized carbons (Fsp3) is 0.500. The van der Waals surface area contributed by atoms with Gasteiger partial charge in [0.2, 0.25) is 11.8 Å². The van der Waals surface area contributed by atoms with E-state index in [1.807, 2.05) is 24.3 Å². The van der Waals surface area contributed by atoms with Gasteiger partial charge in [0.25, 0.3) is 0 Å². The average Bonchev–Trinajstić information content (AvgIpc) is 2.93. The van der Waals surface area contributed by atoms with E-state index in [9.17, 15) is 9.59 Å². The third kappa shape index (κ3) is 3.97. The molecule has 1 saturated heterocycles. The summed E-state index contributed by atoms with van der Waals surface area (Å²) in [4.78, 5) is 27.7. The van der Waals surface area contributed by atoms with Crippen LogP contribution in [0, 0.1) is 0 Å². The van der Waals surface area contributed by atoms with E-state index in [4.69, 9.17) is 11.6 Å². The monoisotopic (exact) mass is 308 g/mol. The molecule has 4 nitrogen and oxygen atoms in total. The van der Waals surface area contributed by atoms with E-state index in [2.05, 4.69) is 0 Å². The molecule has 1 atom stereocenters. The number of benzene rings is 1. The zero-order chi connectivity index (χ0) is 15.4. The second-order valence-electron chi connectivity index (χ2n) is 5.61. The number of amides is 2. The zero-order valence-electron chi connectivity index (χ0n) is 12.5. The summed E-state index contributed by atoms with van der Waals surface area (Å²) in [6.45, 7) is 0.679. The second kappa shape index (κ2) is 6.94. The maximum absolute atomic E-state index is 12.4. The van der Waals surface area contributed by atoms with E-state index < -0.39 is 0 Å². The summed E-state index contributed by atoms with van der Waals surface area (Å²) in [6, 6.07) is 7.26. The SMILES string of the molecule is CN(C)C(=O)C1CCCN1C(=O)CCc1cccc(Cl)c1. The first-order valence-electron chi connectivity index (χ1n) is 7.24. The third-order valence-electron chi connectivity index (χ3n) is 3.82. The van der Waals surface area contributed by atoms with Crippen LogP contribution in [0.2, 0.25) is 5.02 Å². The summed E-state index contributed by atoms with van der Waals surface area (Å²) in [7, 11) is 3.46. The molecule has 1 aromatic carbocycles. The van der Waals surface area contributed by atoms with Crippen LogP contribution in [0.25, 0.3) is 0 Å².